The van der Waals surface area contributed by atoms with Crippen LogP contribution in [0.3, 0.4) is 0 Å². The molecule has 3 unspecified atom stereocenters. The number of phosphoric acid groups is 5. The Labute approximate surface area is 285 Å². The van der Waals surface area contributed by atoms with Crippen molar-refractivity contribution in [3.63, 3.8) is 0 Å². The van der Waals surface area contributed by atoms with Crippen molar-refractivity contribution in [3.05, 3.63) is 0 Å². The van der Waals surface area contributed by atoms with Crippen LogP contribution >= 0.6 is 39.1 Å². The third-order valence-corrected chi connectivity index (χ3v) is 9.99. The lowest BCUT2D eigenvalue weighted by Crippen LogP contribution is -2.64. The van der Waals surface area contributed by atoms with Crippen molar-refractivity contribution in [3.8, 4) is 0 Å². The number of carbonyl (C=O) groups is 1. The van der Waals surface area contributed by atoms with Crippen LogP contribution in [0.2, 0.25) is 0 Å². The van der Waals surface area contributed by atoms with Gasteiger partial charge in [-0.2, -0.15) is 0 Å². The monoisotopic (exact) mass is 856 g/mol. The predicted molar refractivity (Wildman–Crippen MR) is 153 cm³/mol. The number of carbonyl (C=O) groups excluding carboxylic acids is 1. The Morgan fingerprint density at radius 1 is 0.490 bits per heavy atom. The van der Waals surface area contributed by atoms with Crippen LogP contribution < -0.4 is 0 Å². The Kier molecular flexibility index (Phi) is 16.7. The molecule has 0 amide bonds. The predicted octanol–water partition coefficient (Wildman–Crippen LogP) is -4.81. The topological polar surface area (TPSA) is 459 Å². The second kappa shape index (κ2) is 18.2. The molecule has 0 aromatic rings. The van der Waals surface area contributed by atoms with E-state index in [0.717, 1.165) is 6.92 Å². The third kappa shape index (κ3) is 15.1. The van der Waals surface area contributed by atoms with Crippen LogP contribution in [0.1, 0.15) is 13.3 Å². The molecule has 0 spiro atoms. The van der Waals surface area contributed by atoms with Crippen LogP contribution in [-0.4, -0.2) is 163 Å². The van der Waals surface area contributed by atoms with Crippen LogP contribution in [0.4, 0.5) is 0 Å². The van der Waals surface area contributed by atoms with E-state index in [4.69, 9.17) is 14.0 Å². The molecule has 0 bridgehead atoms. The maximum Gasteiger partial charge on any atom is 0.472 e. The molecule has 0 aromatic heterocycles. The summed E-state index contributed by atoms with van der Waals surface area (Å²) in [5, 5.41) is 48.8. The minimum atomic E-state index is -5.92. The number of hydrogen-bond acceptors (Lipinski definition) is 19. The molecule has 302 valence electrons. The summed E-state index contributed by atoms with van der Waals surface area (Å²) in [7, 11) is -28.9. The average Bonchev–Trinajstić information content (AvgIpc) is 2.94. The van der Waals surface area contributed by atoms with Gasteiger partial charge in [-0.1, -0.05) is 6.92 Å². The number of phosphoric ester groups is 5. The molecule has 0 saturated heterocycles. The number of esters is 1. The molecule has 2 fully saturated rings. The minimum absolute atomic E-state index is 0.535. The highest BCUT2D eigenvalue weighted by Gasteiger charge is 2.60. The molecule has 2 rings (SSSR count). The van der Waals surface area contributed by atoms with Gasteiger partial charge in [0.1, 0.15) is 61.0 Å². The van der Waals surface area contributed by atoms with E-state index in [0.29, 0.717) is 0 Å². The summed E-state index contributed by atoms with van der Waals surface area (Å²) in [5.74, 6) is -3.14. The van der Waals surface area contributed by atoms with Gasteiger partial charge >= 0.3 is 45.1 Å². The van der Waals surface area contributed by atoms with Gasteiger partial charge in [0, 0.05) is 5.92 Å². The molecular formula is C18H37O28P5. The summed E-state index contributed by atoms with van der Waals surface area (Å²) < 4.78 is 96.5. The quantitative estimate of drug-likeness (QED) is 0.0349. The normalized spacial score (nSPS) is 35.3. The second-order valence-electron chi connectivity index (χ2n) is 10.7. The lowest BCUT2D eigenvalue weighted by molar-refractivity contribution is -0.233. The van der Waals surface area contributed by atoms with Gasteiger partial charge in [0.25, 0.3) is 0 Å². The summed E-state index contributed by atoms with van der Waals surface area (Å²) in [5.41, 5.74) is 0. The molecule has 0 radical (unpaired) electrons. The van der Waals surface area contributed by atoms with Crippen molar-refractivity contribution in [2.45, 2.75) is 80.5 Å². The van der Waals surface area contributed by atoms with Gasteiger partial charge in [0.05, 0.1) is 26.2 Å². The molecule has 2 aliphatic rings. The SMILES string of the molecule is C[C@@H]1[C@@H](OP(=O)(O)O)[C@H](OP(=O)(O)O)[C@@H](OP(=O)(O)O)[C@H](OP(=O)(O)O)[C@@H]1OP(=O)(O)OCCOCCC(=O)OC1[C@@H](O)[C@H](O)C(O)[C@H](O)[C@H]1O. The maximum absolute atomic E-state index is 12.8. The standard InChI is InChI=1S/C18H37O28P5/c1-6-13(42-47(25,26)27)16(43-48(28,29)30)18(45-50(34,35)36)17(44-49(31,32)33)14(6)46-51(37,38)40-5-4-39-3-2-7(19)41-15-11(23)9(21)8(20)10(22)12(15)24/h6,8-18,20-24H,2-5H2,1H3,(H,37,38)(H2,25,26,27)(H2,28,29,30)(H2,31,32,33)(H2,34,35,36)/t6-,8?,9-,10+,11+,12-,13-,14-,15?,16+,17-,18-/m1/s1. The molecule has 2 aliphatic carbocycles. The van der Waals surface area contributed by atoms with E-state index < -0.39 is 144 Å². The smallest absolute Gasteiger partial charge is 0.457 e. The first-order chi connectivity index (χ1) is 22.9. The van der Waals surface area contributed by atoms with Gasteiger partial charge in [0.15, 0.2) is 6.10 Å². The third-order valence-electron chi connectivity index (χ3n) is 6.90. The summed E-state index contributed by atoms with van der Waals surface area (Å²) in [6.07, 6.45) is -25.8. The van der Waals surface area contributed by atoms with Gasteiger partial charge in [0.2, 0.25) is 0 Å². The van der Waals surface area contributed by atoms with E-state index in [1.807, 2.05) is 0 Å². The summed E-state index contributed by atoms with van der Waals surface area (Å²) in [6.45, 7) is -1.29. The Balaban J connectivity index is 2.18. The van der Waals surface area contributed by atoms with Crippen molar-refractivity contribution >= 4 is 45.1 Å². The van der Waals surface area contributed by atoms with Crippen LogP contribution in [0.5, 0.6) is 0 Å². The van der Waals surface area contributed by atoms with Crippen molar-refractivity contribution in [1.29, 1.82) is 0 Å². The van der Waals surface area contributed by atoms with E-state index in [1.165, 1.54) is 0 Å². The van der Waals surface area contributed by atoms with E-state index in [2.05, 4.69) is 22.6 Å². The fraction of sp³-hybridized carbons (Fsp3) is 0.944. The first-order valence-electron chi connectivity index (χ1n) is 13.7. The summed E-state index contributed by atoms with van der Waals surface area (Å²) >= 11 is 0. The second-order valence-corrected chi connectivity index (χ2v) is 16.9. The zero-order valence-corrected chi connectivity index (χ0v) is 29.9. The molecule has 0 aliphatic heterocycles. The van der Waals surface area contributed by atoms with E-state index in [9.17, 15) is 97.2 Å². The van der Waals surface area contributed by atoms with Gasteiger partial charge in [-0.3, -0.25) is 31.9 Å². The van der Waals surface area contributed by atoms with Crippen LogP contribution in [0, 0.1) is 5.92 Å². The Morgan fingerprint density at radius 3 is 1.25 bits per heavy atom. The minimum Gasteiger partial charge on any atom is -0.457 e. The Bertz CT molecular complexity index is 1390. The molecule has 0 aromatic carbocycles. The molecule has 14 N–H and O–H groups in total. The van der Waals surface area contributed by atoms with Gasteiger partial charge in [-0.25, -0.2) is 22.8 Å². The van der Waals surface area contributed by atoms with Crippen LogP contribution in [0.15, 0.2) is 0 Å². The van der Waals surface area contributed by atoms with Crippen molar-refractivity contribution in [2.75, 3.05) is 19.8 Å². The highest BCUT2D eigenvalue weighted by molar-refractivity contribution is 7.48. The lowest BCUT2D eigenvalue weighted by atomic mass is 9.79. The van der Waals surface area contributed by atoms with Gasteiger partial charge in [-0.05, 0) is 0 Å². The van der Waals surface area contributed by atoms with Gasteiger partial charge < -0.3 is 79.0 Å². The first-order valence-corrected chi connectivity index (χ1v) is 21.3. The number of aliphatic hydroxyl groups is 5. The molecule has 2 saturated carbocycles. The average molecular weight is 856 g/mol. The highest BCUT2D eigenvalue weighted by Crippen LogP contribution is 2.57. The number of rotatable bonds is 18. The van der Waals surface area contributed by atoms with Crippen molar-refractivity contribution in [1.82, 2.24) is 0 Å². The Morgan fingerprint density at radius 2 is 0.843 bits per heavy atom. The fourth-order valence-corrected chi connectivity index (χ4v) is 8.14. The zero-order chi connectivity index (χ0) is 39.5. The van der Waals surface area contributed by atoms with Crippen molar-refractivity contribution in [2.24, 2.45) is 5.92 Å². The van der Waals surface area contributed by atoms with E-state index in [-0.39, 0.29) is 0 Å². The number of ether oxygens (including phenoxy) is 2. The summed E-state index contributed by atoms with van der Waals surface area (Å²) in [4.78, 5) is 97.5. The largest absolute Gasteiger partial charge is 0.472 e. The molecular weight excluding hydrogens is 819 g/mol. The highest BCUT2D eigenvalue weighted by atomic mass is 31.2. The van der Waals surface area contributed by atoms with Crippen LogP contribution in [0.25, 0.3) is 0 Å². The molecule has 33 heteroatoms. The molecule has 0 heterocycles. The lowest BCUT2D eigenvalue weighted by Gasteiger charge is -2.48. The first kappa shape index (κ1) is 46.9. The van der Waals surface area contributed by atoms with Gasteiger partial charge in [-0.15, -0.1) is 0 Å². The molecule has 28 nitrogen and oxygen atoms in total. The number of hydrogen-bond donors (Lipinski definition) is 14. The molecule has 51 heavy (non-hydrogen) atoms. The van der Waals surface area contributed by atoms with E-state index in [1.54, 1.807) is 0 Å². The molecule has 13 atom stereocenters. The fourth-order valence-electron chi connectivity index (χ4n) is 4.85. The van der Waals surface area contributed by atoms with E-state index >= 15 is 0 Å². The maximum atomic E-state index is 12.8. The van der Waals surface area contributed by atoms with Crippen molar-refractivity contribution < 1.29 is 134 Å². The Hall–Kier alpha value is -0.220. The summed E-state index contributed by atoms with van der Waals surface area (Å²) in [6, 6.07) is 0. The van der Waals surface area contributed by atoms with Crippen LogP contribution in [-0.2, 0) is 64.2 Å². The zero-order valence-electron chi connectivity index (χ0n) is 25.5. The number of aliphatic hydroxyl groups excluding tert-OH is 5.